The Morgan fingerprint density at radius 2 is 1.86 bits per heavy atom. The Morgan fingerprint density at radius 1 is 1.14 bits per heavy atom. The molecule has 0 unspecified atom stereocenters. The molecule has 0 N–H and O–H groups in total. The minimum Gasteiger partial charge on any atom is -0.493 e. The van der Waals surface area contributed by atoms with Crippen molar-refractivity contribution in [2.45, 2.75) is 19.8 Å². The van der Waals surface area contributed by atoms with Crippen LogP contribution in [-0.2, 0) is 6.42 Å². The Morgan fingerprint density at radius 3 is 2.50 bits per heavy atom. The van der Waals surface area contributed by atoms with Crippen molar-refractivity contribution in [1.29, 1.82) is 0 Å². The molecule has 124 valence electrons. The lowest BCUT2D eigenvalue weighted by Gasteiger charge is -2.32. The first-order valence-corrected chi connectivity index (χ1v) is 8.83. The van der Waals surface area contributed by atoms with E-state index < -0.39 is 0 Å². The van der Waals surface area contributed by atoms with Crippen LogP contribution in [0.4, 0.5) is 0 Å². The molecule has 1 saturated heterocycles. The van der Waals surface area contributed by atoms with E-state index in [0.717, 1.165) is 28.9 Å². The number of benzene rings is 1. The van der Waals surface area contributed by atoms with E-state index in [1.807, 2.05) is 13.0 Å². The van der Waals surface area contributed by atoms with Crippen molar-refractivity contribution in [3.05, 3.63) is 22.2 Å². The molecule has 5 heteroatoms. The first-order chi connectivity index (χ1) is 10.6. The van der Waals surface area contributed by atoms with Gasteiger partial charge in [-0.1, -0.05) is 15.9 Å². The maximum atomic E-state index is 5.67. The Bertz CT molecular complexity index is 474. The molecule has 0 amide bonds. The summed E-state index contributed by atoms with van der Waals surface area (Å²) in [7, 11) is 3.87. The van der Waals surface area contributed by atoms with E-state index in [4.69, 9.17) is 9.47 Å². The molecule has 1 aliphatic heterocycles. The third-order valence-corrected chi connectivity index (χ3v) is 4.89. The van der Waals surface area contributed by atoms with Gasteiger partial charge in [0.2, 0.25) is 0 Å². The lowest BCUT2D eigenvalue weighted by atomic mass is 10.1. The molecule has 0 saturated carbocycles. The molecule has 22 heavy (non-hydrogen) atoms. The lowest BCUT2D eigenvalue weighted by molar-refractivity contribution is 0.153. The molecular formula is C17H27BrN2O2. The fourth-order valence-electron chi connectivity index (χ4n) is 2.76. The molecule has 0 radical (unpaired) electrons. The summed E-state index contributed by atoms with van der Waals surface area (Å²) < 4.78 is 12.1. The van der Waals surface area contributed by atoms with Crippen LogP contribution in [0, 0.1) is 0 Å². The van der Waals surface area contributed by atoms with Crippen molar-refractivity contribution < 1.29 is 9.47 Å². The standard InChI is InChI=1S/C17H27BrN2O2/c1-4-22-17-12-14(15(18)13-16(17)21-3)6-5-7-20-10-8-19(2)9-11-20/h12-13H,4-11H2,1-3H3. The van der Waals surface area contributed by atoms with Gasteiger partial charge in [0.05, 0.1) is 13.7 Å². The molecule has 0 atom stereocenters. The van der Waals surface area contributed by atoms with Crippen LogP contribution in [-0.4, -0.2) is 63.3 Å². The summed E-state index contributed by atoms with van der Waals surface area (Å²) in [4.78, 5) is 4.95. The van der Waals surface area contributed by atoms with Gasteiger partial charge in [-0.15, -0.1) is 0 Å². The number of piperazine rings is 1. The van der Waals surface area contributed by atoms with Crippen LogP contribution in [0.3, 0.4) is 0 Å². The van der Waals surface area contributed by atoms with Crippen molar-refractivity contribution in [1.82, 2.24) is 9.80 Å². The van der Waals surface area contributed by atoms with Crippen molar-refractivity contribution in [3.8, 4) is 11.5 Å². The van der Waals surface area contributed by atoms with E-state index in [1.54, 1.807) is 7.11 Å². The molecule has 0 bridgehead atoms. The van der Waals surface area contributed by atoms with Gasteiger partial charge in [-0.2, -0.15) is 0 Å². The van der Waals surface area contributed by atoms with Gasteiger partial charge in [0.1, 0.15) is 0 Å². The summed E-state index contributed by atoms with van der Waals surface area (Å²) in [5.41, 5.74) is 1.29. The zero-order chi connectivity index (χ0) is 15.9. The van der Waals surface area contributed by atoms with Gasteiger partial charge in [-0.3, -0.25) is 0 Å². The van der Waals surface area contributed by atoms with Crippen LogP contribution in [0.25, 0.3) is 0 Å². The summed E-state index contributed by atoms with van der Waals surface area (Å²) >= 11 is 3.65. The highest BCUT2D eigenvalue weighted by Crippen LogP contribution is 2.34. The normalized spacial score (nSPS) is 16.7. The number of methoxy groups -OCH3 is 1. The number of aryl methyl sites for hydroxylation is 1. The summed E-state index contributed by atoms with van der Waals surface area (Å²) in [5, 5.41) is 0. The summed E-state index contributed by atoms with van der Waals surface area (Å²) in [6.07, 6.45) is 2.22. The highest BCUT2D eigenvalue weighted by atomic mass is 79.9. The average molecular weight is 371 g/mol. The molecular weight excluding hydrogens is 344 g/mol. The predicted octanol–water partition coefficient (Wildman–Crippen LogP) is 3.04. The third-order valence-electron chi connectivity index (χ3n) is 4.15. The van der Waals surface area contributed by atoms with Crippen LogP contribution < -0.4 is 9.47 Å². The minimum atomic E-state index is 0.652. The molecule has 1 heterocycles. The molecule has 2 rings (SSSR count). The molecule has 1 aliphatic rings. The smallest absolute Gasteiger partial charge is 0.161 e. The van der Waals surface area contributed by atoms with Gasteiger partial charge < -0.3 is 19.3 Å². The largest absolute Gasteiger partial charge is 0.493 e. The molecule has 1 fully saturated rings. The van der Waals surface area contributed by atoms with Crippen molar-refractivity contribution in [3.63, 3.8) is 0 Å². The Balaban J connectivity index is 1.90. The molecule has 0 aromatic heterocycles. The third kappa shape index (κ3) is 4.86. The van der Waals surface area contributed by atoms with Crippen LogP contribution in [0.1, 0.15) is 18.9 Å². The number of likely N-dealkylation sites (N-methyl/N-ethyl adjacent to an activating group) is 1. The highest BCUT2D eigenvalue weighted by molar-refractivity contribution is 9.10. The second-order valence-electron chi connectivity index (χ2n) is 5.78. The number of nitrogens with zero attached hydrogens (tertiary/aromatic N) is 2. The van der Waals surface area contributed by atoms with E-state index >= 15 is 0 Å². The fraction of sp³-hybridized carbons (Fsp3) is 0.647. The monoisotopic (exact) mass is 370 g/mol. The molecule has 4 nitrogen and oxygen atoms in total. The van der Waals surface area contributed by atoms with Gasteiger partial charge in [0.25, 0.3) is 0 Å². The second kappa shape index (κ2) is 8.75. The number of ether oxygens (including phenoxy) is 2. The van der Waals surface area contributed by atoms with E-state index in [2.05, 4.69) is 38.8 Å². The first-order valence-electron chi connectivity index (χ1n) is 8.04. The zero-order valence-corrected chi connectivity index (χ0v) is 15.5. The van der Waals surface area contributed by atoms with Crippen molar-refractivity contribution in [2.24, 2.45) is 0 Å². The molecule has 0 spiro atoms. The van der Waals surface area contributed by atoms with E-state index in [0.29, 0.717) is 6.61 Å². The topological polar surface area (TPSA) is 24.9 Å². The molecule has 1 aromatic rings. The maximum Gasteiger partial charge on any atom is 0.161 e. The molecule has 0 aliphatic carbocycles. The Hall–Kier alpha value is -0.780. The van der Waals surface area contributed by atoms with Crippen molar-refractivity contribution in [2.75, 3.05) is 53.5 Å². The first kappa shape index (κ1) is 17.6. The zero-order valence-electron chi connectivity index (χ0n) is 13.9. The summed E-state index contributed by atoms with van der Waals surface area (Å²) in [6.45, 7) is 8.54. The Kier molecular flexibility index (Phi) is 6.99. The van der Waals surface area contributed by atoms with E-state index in [-0.39, 0.29) is 0 Å². The van der Waals surface area contributed by atoms with Gasteiger partial charge >= 0.3 is 0 Å². The summed E-state index contributed by atoms with van der Waals surface area (Å²) in [6, 6.07) is 4.12. The van der Waals surface area contributed by atoms with Crippen LogP contribution in [0.15, 0.2) is 16.6 Å². The van der Waals surface area contributed by atoms with E-state index in [1.165, 1.54) is 38.2 Å². The number of hydrogen-bond acceptors (Lipinski definition) is 4. The van der Waals surface area contributed by atoms with Crippen LogP contribution in [0.2, 0.25) is 0 Å². The molecule has 1 aromatic carbocycles. The Labute approximate surface area is 142 Å². The quantitative estimate of drug-likeness (QED) is 0.736. The fourth-order valence-corrected chi connectivity index (χ4v) is 3.28. The SMILES string of the molecule is CCOc1cc(CCCN2CCN(C)CC2)c(Br)cc1OC. The van der Waals surface area contributed by atoms with Crippen molar-refractivity contribution >= 4 is 15.9 Å². The summed E-state index contributed by atoms with van der Waals surface area (Å²) in [5.74, 6) is 1.62. The lowest BCUT2D eigenvalue weighted by Crippen LogP contribution is -2.44. The minimum absolute atomic E-state index is 0.652. The van der Waals surface area contributed by atoms with Gasteiger partial charge in [-0.05, 0) is 51.1 Å². The number of rotatable bonds is 7. The van der Waals surface area contributed by atoms with Crippen LogP contribution >= 0.6 is 15.9 Å². The average Bonchev–Trinajstić information content (AvgIpc) is 2.52. The maximum absolute atomic E-state index is 5.67. The van der Waals surface area contributed by atoms with Gasteiger partial charge in [0.15, 0.2) is 11.5 Å². The second-order valence-corrected chi connectivity index (χ2v) is 6.63. The number of halogens is 1. The highest BCUT2D eigenvalue weighted by Gasteiger charge is 2.14. The number of hydrogen-bond donors (Lipinski definition) is 0. The van der Waals surface area contributed by atoms with Gasteiger partial charge in [0, 0.05) is 30.7 Å². The van der Waals surface area contributed by atoms with Gasteiger partial charge in [-0.25, -0.2) is 0 Å². The van der Waals surface area contributed by atoms with E-state index in [9.17, 15) is 0 Å². The predicted molar refractivity (Wildman–Crippen MR) is 94.1 cm³/mol. The van der Waals surface area contributed by atoms with Crippen LogP contribution in [0.5, 0.6) is 11.5 Å².